The van der Waals surface area contributed by atoms with Crippen LogP contribution < -0.4 is 15.8 Å². The third-order valence-corrected chi connectivity index (χ3v) is 9.56. The van der Waals surface area contributed by atoms with E-state index in [0.717, 1.165) is 85.3 Å². The minimum Gasteiger partial charge on any atom is -0.482 e. The highest BCUT2D eigenvalue weighted by molar-refractivity contribution is 5.96. The zero-order chi connectivity index (χ0) is 29.1. The van der Waals surface area contributed by atoms with E-state index < -0.39 is 0 Å². The van der Waals surface area contributed by atoms with Crippen LogP contribution in [0.1, 0.15) is 86.1 Å². The molecule has 0 radical (unpaired) electrons. The summed E-state index contributed by atoms with van der Waals surface area (Å²) in [4.78, 5) is 38.3. The van der Waals surface area contributed by atoms with Gasteiger partial charge in [0.15, 0.2) is 5.88 Å². The largest absolute Gasteiger partial charge is 0.482 e. The molecule has 220 valence electrons. The summed E-state index contributed by atoms with van der Waals surface area (Å²) in [5.41, 5.74) is 12.1. The summed E-state index contributed by atoms with van der Waals surface area (Å²) in [5.74, 6) is 0.656. The number of fused-ring (bicyclic) bond motifs is 4. The van der Waals surface area contributed by atoms with Crippen LogP contribution in [0.5, 0.6) is 5.88 Å². The molecule has 0 unspecified atom stereocenters. The predicted octanol–water partition coefficient (Wildman–Crippen LogP) is 4.51. The maximum atomic E-state index is 13.7. The van der Waals surface area contributed by atoms with Crippen LogP contribution in [0.2, 0.25) is 0 Å². The third-order valence-electron chi connectivity index (χ3n) is 9.56. The Bertz CT molecular complexity index is 1710. The molecule has 4 bridgehead atoms. The molecule has 3 N–H and O–H groups in total. The number of hydrogen-bond donors (Lipinski definition) is 2. The number of carbonyl (C=O) groups is 2. The van der Waals surface area contributed by atoms with Crippen molar-refractivity contribution < 1.29 is 14.3 Å². The van der Waals surface area contributed by atoms with Crippen LogP contribution in [0.15, 0.2) is 30.3 Å². The van der Waals surface area contributed by atoms with Crippen molar-refractivity contribution in [2.24, 2.45) is 5.73 Å². The number of imidazole rings is 1. The van der Waals surface area contributed by atoms with Gasteiger partial charge in [-0.1, -0.05) is 12.8 Å². The molecule has 2 saturated heterocycles. The van der Waals surface area contributed by atoms with Crippen LogP contribution >= 0.6 is 0 Å². The van der Waals surface area contributed by atoms with Gasteiger partial charge in [-0.05, 0) is 70.2 Å². The quantitative estimate of drug-likeness (QED) is 0.375. The van der Waals surface area contributed by atoms with E-state index in [0.29, 0.717) is 23.5 Å². The van der Waals surface area contributed by atoms with Crippen molar-refractivity contribution in [3.8, 4) is 17.3 Å². The second-order valence-corrected chi connectivity index (χ2v) is 12.2. The van der Waals surface area contributed by atoms with E-state index in [9.17, 15) is 9.59 Å². The lowest BCUT2D eigenvalue weighted by Gasteiger charge is -2.23. The van der Waals surface area contributed by atoms with Crippen molar-refractivity contribution in [2.75, 3.05) is 7.11 Å². The number of carbonyl (C=O) groups excluding carboxylic acids is 2. The maximum absolute atomic E-state index is 13.7. The van der Waals surface area contributed by atoms with E-state index >= 15 is 0 Å². The molecule has 4 aromatic heterocycles. The number of ether oxygens (including phenoxy) is 1. The number of hydrogen-bond acceptors (Lipinski definition) is 6. The Hall–Kier alpha value is -3.92. The van der Waals surface area contributed by atoms with Crippen molar-refractivity contribution in [1.29, 1.82) is 0 Å². The second kappa shape index (κ2) is 10.4. The lowest BCUT2D eigenvalue weighted by molar-refractivity contribution is -0.121. The first-order chi connectivity index (χ1) is 20.3. The summed E-state index contributed by atoms with van der Waals surface area (Å²) in [6.07, 6.45) is 7.31. The van der Waals surface area contributed by atoms with Crippen molar-refractivity contribution in [2.45, 2.75) is 95.9 Å². The van der Waals surface area contributed by atoms with Crippen LogP contribution in [0.3, 0.4) is 0 Å². The molecule has 0 aliphatic carbocycles. The number of nitrogens with zero attached hydrogens (tertiary/aromatic N) is 5. The van der Waals surface area contributed by atoms with Gasteiger partial charge in [-0.3, -0.25) is 14.0 Å². The molecule has 2 amide bonds. The fourth-order valence-corrected chi connectivity index (χ4v) is 7.40. The molecule has 7 heterocycles. The maximum Gasteiger partial charge on any atom is 0.254 e. The number of aryl methyl sites for hydroxylation is 2. The summed E-state index contributed by atoms with van der Waals surface area (Å²) in [7, 11) is 1.63. The van der Waals surface area contributed by atoms with Gasteiger partial charge in [0.1, 0.15) is 17.0 Å². The SMILES string of the molecule is COc1cc(C(=O)N2[C@H]3CC[C@@H]2[C@H](N)C3)cc2nc(-c3cc4ccc5nc4n3CCCCCCC(=O)N[C@@H]5C)c(C)n12. The van der Waals surface area contributed by atoms with Gasteiger partial charge in [-0.2, -0.15) is 0 Å². The van der Waals surface area contributed by atoms with Gasteiger partial charge in [-0.25, -0.2) is 9.97 Å². The third kappa shape index (κ3) is 4.35. The van der Waals surface area contributed by atoms with Gasteiger partial charge in [0.05, 0.1) is 30.2 Å². The van der Waals surface area contributed by atoms with E-state index in [-0.39, 0.29) is 36.0 Å². The molecular formula is C32H39N7O3. The fraction of sp³-hybridized carbons (Fsp3) is 0.500. The lowest BCUT2D eigenvalue weighted by atomic mass is 9.97. The number of pyridine rings is 2. The van der Waals surface area contributed by atoms with Gasteiger partial charge in [0, 0.05) is 48.1 Å². The normalized spacial score (nSPS) is 24.6. The number of nitrogens with two attached hydrogens (primary N) is 1. The van der Waals surface area contributed by atoms with Crippen LogP contribution in [0, 0.1) is 6.92 Å². The standard InChI is InChI=1S/C32H39N7O3/c1-18-24-11-9-20-14-26(37(31(20)35-24)13-7-5-4-6-8-28(40)34-18)30-19(2)38-27(36-30)15-21(16-29(38)42-3)32(41)39-22-10-12-25(39)23(33)17-22/h9,11,14-16,18,22-23,25H,4-8,10,12-13,17,33H2,1-3H3,(H,34,40)/t18-,22+,23-,25-/m1/s1. The zero-order valence-electron chi connectivity index (χ0n) is 24.6. The van der Waals surface area contributed by atoms with E-state index in [2.05, 4.69) is 22.0 Å². The molecule has 4 atom stereocenters. The van der Waals surface area contributed by atoms with E-state index in [1.807, 2.05) is 41.3 Å². The van der Waals surface area contributed by atoms with Crippen molar-refractivity contribution >= 4 is 28.5 Å². The van der Waals surface area contributed by atoms with Crippen molar-refractivity contribution in [3.05, 3.63) is 47.3 Å². The Morgan fingerprint density at radius 1 is 1.10 bits per heavy atom. The molecule has 2 fully saturated rings. The van der Waals surface area contributed by atoms with E-state index in [1.165, 1.54) is 0 Å². The van der Waals surface area contributed by atoms with E-state index in [4.69, 9.17) is 20.4 Å². The van der Waals surface area contributed by atoms with Gasteiger partial charge in [0.25, 0.3) is 5.91 Å². The summed E-state index contributed by atoms with van der Waals surface area (Å²) in [5, 5.41) is 4.14. The molecule has 10 nitrogen and oxygen atoms in total. The number of amides is 2. The van der Waals surface area contributed by atoms with Crippen LogP contribution in [-0.4, -0.2) is 60.9 Å². The van der Waals surface area contributed by atoms with Crippen molar-refractivity contribution in [1.82, 2.24) is 29.2 Å². The second-order valence-electron chi connectivity index (χ2n) is 12.2. The highest BCUT2D eigenvalue weighted by Crippen LogP contribution is 2.39. The van der Waals surface area contributed by atoms with E-state index in [1.54, 1.807) is 7.11 Å². The predicted molar refractivity (Wildman–Crippen MR) is 160 cm³/mol. The molecule has 3 aliphatic rings. The minimum atomic E-state index is -0.174. The summed E-state index contributed by atoms with van der Waals surface area (Å²) in [6, 6.07) is 10.1. The Morgan fingerprint density at radius 2 is 1.93 bits per heavy atom. The number of rotatable bonds is 3. The monoisotopic (exact) mass is 569 g/mol. The van der Waals surface area contributed by atoms with Gasteiger partial charge in [0.2, 0.25) is 5.91 Å². The first kappa shape index (κ1) is 26.9. The molecule has 4 aromatic rings. The van der Waals surface area contributed by atoms with Crippen LogP contribution in [0.25, 0.3) is 28.1 Å². The fourth-order valence-electron chi connectivity index (χ4n) is 7.40. The average molecular weight is 570 g/mol. The number of nitrogens with one attached hydrogen (secondary N) is 1. The molecule has 42 heavy (non-hydrogen) atoms. The smallest absolute Gasteiger partial charge is 0.254 e. The first-order valence-corrected chi connectivity index (χ1v) is 15.3. The Kier molecular flexibility index (Phi) is 6.68. The molecule has 3 aliphatic heterocycles. The topological polar surface area (TPSA) is 120 Å². The molecule has 7 rings (SSSR count). The molecule has 10 heteroatoms. The Morgan fingerprint density at radius 3 is 2.69 bits per heavy atom. The lowest BCUT2D eigenvalue weighted by Crippen LogP contribution is -2.40. The summed E-state index contributed by atoms with van der Waals surface area (Å²) >= 11 is 0. The summed E-state index contributed by atoms with van der Waals surface area (Å²) < 4.78 is 10.1. The number of aromatic nitrogens is 4. The summed E-state index contributed by atoms with van der Waals surface area (Å²) in [6.45, 7) is 4.83. The molecular weight excluding hydrogens is 530 g/mol. The molecule has 0 saturated carbocycles. The number of methoxy groups -OCH3 is 1. The minimum absolute atomic E-state index is 0.00265. The average Bonchev–Trinajstić information content (AvgIpc) is 3.73. The van der Waals surface area contributed by atoms with Crippen molar-refractivity contribution in [3.63, 3.8) is 0 Å². The molecule has 0 aromatic carbocycles. The van der Waals surface area contributed by atoms with Gasteiger partial charge < -0.3 is 25.3 Å². The Balaban J connectivity index is 1.33. The Labute approximate surface area is 245 Å². The molecule has 0 spiro atoms. The van der Waals surface area contributed by atoms with Crippen LogP contribution in [-0.2, 0) is 11.3 Å². The highest BCUT2D eigenvalue weighted by atomic mass is 16.5. The first-order valence-electron chi connectivity index (χ1n) is 15.3. The highest BCUT2D eigenvalue weighted by Gasteiger charge is 2.47. The zero-order valence-corrected chi connectivity index (χ0v) is 24.6. The van der Waals surface area contributed by atoms with Crippen LogP contribution in [0.4, 0.5) is 0 Å². The van der Waals surface area contributed by atoms with Gasteiger partial charge >= 0.3 is 0 Å². The van der Waals surface area contributed by atoms with Gasteiger partial charge in [-0.15, -0.1) is 0 Å².